The van der Waals surface area contributed by atoms with Crippen molar-refractivity contribution in [3.8, 4) is 0 Å². The molecule has 0 saturated carbocycles. The predicted octanol–water partition coefficient (Wildman–Crippen LogP) is 2.51. The van der Waals surface area contributed by atoms with E-state index in [0.717, 1.165) is 0 Å². The number of carbonyl (C=O) groups is 1. The summed E-state index contributed by atoms with van der Waals surface area (Å²) in [7, 11) is 5.58. The number of hydrogen-bond donors (Lipinski definition) is 1. The molecule has 0 unspecified atom stereocenters. The molecule has 1 aromatic carbocycles. The first kappa shape index (κ1) is 9.09. The Morgan fingerprint density at radius 2 is 2.21 bits per heavy atom. The highest BCUT2D eigenvalue weighted by atomic mass is 35.5. The lowest BCUT2D eigenvalue weighted by Crippen LogP contribution is -1.93. The summed E-state index contributed by atoms with van der Waals surface area (Å²) in [6.07, 6.45) is 1.36. The van der Waals surface area contributed by atoms with E-state index in [4.69, 9.17) is 23.8 Å². The SMILES string of the molecule is [CH]n1cc(C(=O)O)c2cc(Cl)ccc21. The molecule has 0 aliphatic heterocycles. The number of benzene rings is 1. The molecule has 1 aromatic heterocycles. The van der Waals surface area contributed by atoms with Gasteiger partial charge in [0.25, 0.3) is 0 Å². The van der Waals surface area contributed by atoms with Gasteiger partial charge >= 0.3 is 5.97 Å². The minimum absolute atomic E-state index is 0.157. The number of carboxylic acid groups (broad SMARTS) is 1. The molecule has 2 aromatic rings. The van der Waals surface area contributed by atoms with Gasteiger partial charge in [0.15, 0.2) is 0 Å². The van der Waals surface area contributed by atoms with Crippen LogP contribution in [0.4, 0.5) is 0 Å². The number of fused-ring (bicyclic) bond motifs is 1. The molecule has 0 amide bonds. The van der Waals surface area contributed by atoms with Crippen LogP contribution >= 0.6 is 11.6 Å². The van der Waals surface area contributed by atoms with Gasteiger partial charge in [-0.3, -0.25) is 0 Å². The van der Waals surface area contributed by atoms with Crippen molar-refractivity contribution in [3.05, 3.63) is 42.0 Å². The van der Waals surface area contributed by atoms with Crippen LogP contribution in [0, 0.1) is 7.05 Å². The van der Waals surface area contributed by atoms with E-state index in [2.05, 4.69) is 0 Å². The first-order valence-electron chi connectivity index (χ1n) is 3.88. The standard InChI is InChI=1S/C10H6ClNO2/c1-12-5-8(10(13)14)7-4-6(11)2-3-9(7)12/h1-5H,(H,13,14). The van der Waals surface area contributed by atoms with Gasteiger partial charge in [0, 0.05) is 22.1 Å². The molecule has 2 radical (unpaired) electrons. The number of halogens is 1. The molecular formula is C10H6ClNO2. The summed E-state index contributed by atoms with van der Waals surface area (Å²) >= 11 is 5.76. The van der Waals surface area contributed by atoms with Crippen molar-refractivity contribution < 1.29 is 9.90 Å². The lowest BCUT2D eigenvalue weighted by Gasteiger charge is -1.95. The topological polar surface area (TPSA) is 42.2 Å². The molecule has 1 N–H and O–H groups in total. The van der Waals surface area contributed by atoms with Gasteiger partial charge < -0.3 is 9.67 Å². The zero-order valence-corrected chi connectivity index (χ0v) is 7.82. The second kappa shape index (κ2) is 3.03. The molecule has 0 aliphatic carbocycles. The summed E-state index contributed by atoms with van der Waals surface area (Å²) in [6, 6.07) is 4.94. The van der Waals surface area contributed by atoms with Crippen molar-refractivity contribution in [2.75, 3.05) is 0 Å². The normalized spacial score (nSPS) is 10.7. The Morgan fingerprint density at radius 3 is 2.86 bits per heavy atom. The maximum absolute atomic E-state index is 10.8. The van der Waals surface area contributed by atoms with Crippen molar-refractivity contribution in [1.29, 1.82) is 0 Å². The van der Waals surface area contributed by atoms with Crippen LogP contribution in [0.15, 0.2) is 24.4 Å². The molecule has 70 valence electrons. The molecule has 0 bridgehead atoms. The Morgan fingerprint density at radius 1 is 1.50 bits per heavy atom. The maximum atomic E-state index is 10.8. The second-order valence-corrected chi connectivity index (χ2v) is 3.35. The van der Waals surface area contributed by atoms with Crippen molar-refractivity contribution in [3.63, 3.8) is 0 Å². The molecular weight excluding hydrogens is 202 g/mol. The van der Waals surface area contributed by atoms with Gasteiger partial charge in [-0.2, -0.15) is 0 Å². The van der Waals surface area contributed by atoms with E-state index >= 15 is 0 Å². The van der Waals surface area contributed by atoms with E-state index in [-0.39, 0.29) is 5.56 Å². The van der Waals surface area contributed by atoms with E-state index in [0.29, 0.717) is 15.9 Å². The quantitative estimate of drug-likeness (QED) is 0.781. The fourth-order valence-electron chi connectivity index (χ4n) is 1.40. The van der Waals surface area contributed by atoms with Crippen LogP contribution in [0.1, 0.15) is 10.4 Å². The Hall–Kier alpha value is -1.48. The first-order chi connectivity index (χ1) is 6.59. The highest BCUT2D eigenvalue weighted by Crippen LogP contribution is 2.24. The van der Waals surface area contributed by atoms with E-state index in [1.807, 2.05) is 0 Å². The van der Waals surface area contributed by atoms with E-state index in [1.54, 1.807) is 18.2 Å². The third kappa shape index (κ3) is 1.26. The van der Waals surface area contributed by atoms with Crippen molar-refractivity contribution >= 4 is 28.5 Å². The molecule has 0 saturated heterocycles. The summed E-state index contributed by atoms with van der Waals surface area (Å²) in [6.45, 7) is 0. The van der Waals surface area contributed by atoms with Crippen LogP contribution in [0.3, 0.4) is 0 Å². The molecule has 3 nitrogen and oxygen atoms in total. The van der Waals surface area contributed by atoms with Gasteiger partial charge in [0.1, 0.15) is 0 Å². The van der Waals surface area contributed by atoms with Gasteiger partial charge in [-0.05, 0) is 18.2 Å². The lowest BCUT2D eigenvalue weighted by molar-refractivity contribution is 0.0699. The molecule has 2 rings (SSSR count). The van der Waals surface area contributed by atoms with Gasteiger partial charge in [0.2, 0.25) is 0 Å². The summed E-state index contributed by atoms with van der Waals surface area (Å²) in [5.74, 6) is -1.01. The maximum Gasteiger partial charge on any atom is 0.337 e. The average molecular weight is 208 g/mol. The monoisotopic (exact) mass is 207 g/mol. The fraction of sp³-hybridized carbons (Fsp3) is 0. The number of hydrogen-bond acceptors (Lipinski definition) is 1. The number of rotatable bonds is 1. The van der Waals surface area contributed by atoms with Gasteiger partial charge in [0.05, 0.1) is 12.6 Å². The summed E-state index contributed by atoms with van der Waals surface area (Å²) in [5.41, 5.74) is 0.803. The summed E-state index contributed by atoms with van der Waals surface area (Å²) in [4.78, 5) is 10.8. The predicted molar refractivity (Wildman–Crippen MR) is 53.6 cm³/mol. The van der Waals surface area contributed by atoms with E-state index in [9.17, 15) is 4.79 Å². The van der Waals surface area contributed by atoms with E-state index < -0.39 is 5.97 Å². The first-order valence-corrected chi connectivity index (χ1v) is 4.26. The number of nitrogens with zero attached hydrogens (tertiary/aromatic N) is 1. The Labute approximate surface area is 85.5 Å². The Kier molecular flexibility index (Phi) is 1.97. The van der Waals surface area contributed by atoms with Crippen molar-refractivity contribution in [2.45, 2.75) is 0 Å². The fourth-order valence-corrected chi connectivity index (χ4v) is 1.57. The van der Waals surface area contributed by atoms with Crippen LogP contribution in [0.2, 0.25) is 5.02 Å². The van der Waals surface area contributed by atoms with Crippen LogP contribution in [0.25, 0.3) is 10.9 Å². The van der Waals surface area contributed by atoms with Crippen LogP contribution < -0.4 is 0 Å². The highest BCUT2D eigenvalue weighted by Gasteiger charge is 2.12. The number of carboxylic acids is 1. The van der Waals surface area contributed by atoms with Crippen molar-refractivity contribution in [2.24, 2.45) is 0 Å². The Bertz CT molecular complexity index is 516. The third-order valence-corrected chi connectivity index (χ3v) is 2.26. The van der Waals surface area contributed by atoms with Gasteiger partial charge in [-0.15, -0.1) is 0 Å². The van der Waals surface area contributed by atoms with E-state index in [1.165, 1.54) is 10.8 Å². The lowest BCUT2D eigenvalue weighted by atomic mass is 10.2. The zero-order valence-electron chi connectivity index (χ0n) is 7.07. The molecule has 4 heteroatoms. The number of aromatic carboxylic acids is 1. The number of aromatic nitrogens is 1. The summed E-state index contributed by atoms with van der Waals surface area (Å²) < 4.78 is 1.27. The Balaban J connectivity index is 2.85. The molecule has 0 atom stereocenters. The summed E-state index contributed by atoms with van der Waals surface area (Å²) in [5, 5.41) is 9.92. The van der Waals surface area contributed by atoms with Crippen LogP contribution in [-0.4, -0.2) is 15.6 Å². The minimum atomic E-state index is -1.01. The molecule has 0 fully saturated rings. The third-order valence-electron chi connectivity index (χ3n) is 2.03. The smallest absolute Gasteiger partial charge is 0.337 e. The average Bonchev–Trinajstić information content (AvgIpc) is 2.43. The highest BCUT2D eigenvalue weighted by molar-refractivity contribution is 6.31. The molecule has 0 aliphatic rings. The minimum Gasteiger partial charge on any atom is -0.478 e. The molecule has 14 heavy (non-hydrogen) atoms. The molecule has 0 spiro atoms. The molecule has 1 heterocycles. The second-order valence-electron chi connectivity index (χ2n) is 2.92. The van der Waals surface area contributed by atoms with Crippen LogP contribution in [0.5, 0.6) is 0 Å². The van der Waals surface area contributed by atoms with Gasteiger partial charge in [-0.25, -0.2) is 4.79 Å². The van der Waals surface area contributed by atoms with Gasteiger partial charge in [-0.1, -0.05) is 11.6 Å². The van der Waals surface area contributed by atoms with Crippen LogP contribution in [-0.2, 0) is 0 Å². The zero-order chi connectivity index (χ0) is 10.3. The van der Waals surface area contributed by atoms with Crippen molar-refractivity contribution in [1.82, 2.24) is 4.57 Å². The largest absolute Gasteiger partial charge is 0.478 e.